The van der Waals surface area contributed by atoms with Crippen molar-refractivity contribution in [3.05, 3.63) is 60.8 Å². The third kappa shape index (κ3) is 5.96. The summed E-state index contributed by atoms with van der Waals surface area (Å²) in [5.74, 6) is 7.03. The van der Waals surface area contributed by atoms with Gasteiger partial charge in [0, 0.05) is 31.0 Å². The maximum Gasteiger partial charge on any atom is 0.240 e. The third-order valence-corrected chi connectivity index (χ3v) is 6.83. The summed E-state index contributed by atoms with van der Waals surface area (Å²) >= 11 is 0. The molecule has 3 aromatic rings. The number of nitrogens with two attached hydrogens (primary N) is 1. The molecule has 0 radical (unpaired) electrons. The zero-order valence-corrected chi connectivity index (χ0v) is 18.9. The molecule has 4 rings (SSSR count). The molecule has 5 N–H and O–H groups in total. The molecule has 174 valence electrons. The highest BCUT2D eigenvalue weighted by molar-refractivity contribution is 7.89. The summed E-state index contributed by atoms with van der Waals surface area (Å²) in [5.41, 5.74) is 1.28. The quantitative estimate of drug-likeness (QED) is 0.275. The van der Waals surface area contributed by atoms with Gasteiger partial charge >= 0.3 is 0 Å². The summed E-state index contributed by atoms with van der Waals surface area (Å²) < 4.78 is 27.7. The van der Waals surface area contributed by atoms with Crippen LogP contribution in [0.1, 0.15) is 12.8 Å². The van der Waals surface area contributed by atoms with Crippen molar-refractivity contribution in [3.8, 4) is 5.75 Å². The van der Waals surface area contributed by atoms with Crippen molar-refractivity contribution < 1.29 is 13.5 Å². The van der Waals surface area contributed by atoms with Gasteiger partial charge < -0.3 is 15.3 Å². The van der Waals surface area contributed by atoms with Crippen LogP contribution in [0.25, 0.3) is 0 Å². The average molecular weight is 470 g/mol. The Morgan fingerprint density at radius 1 is 1.03 bits per heavy atom. The summed E-state index contributed by atoms with van der Waals surface area (Å²) in [4.78, 5) is 11.0. The van der Waals surface area contributed by atoms with Crippen molar-refractivity contribution in [2.45, 2.75) is 17.7 Å². The first-order valence-corrected chi connectivity index (χ1v) is 12.1. The fourth-order valence-corrected chi connectivity index (χ4v) is 4.58. The van der Waals surface area contributed by atoms with Gasteiger partial charge in [-0.2, -0.15) is 4.98 Å². The number of likely N-dealkylation sites (tertiary alicyclic amines) is 1. The van der Waals surface area contributed by atoms with Crippen molar-refractivity contribution >= 4 is 33.2 Å². The van der Waals surface area contributed by atoms with Crippen LogP contribution in [0.5, 0.6) is 5.75 Å². The topological polar surface area (TPSA) is 137 Å². The maximum atomic E-state index is 12.5. The van der Waals surface area contributed by atoms with Crippen LogP contribution in [-0.2, 0) is 10.0 Å². The minimum absolute atomic E-state index is 0.143. The van der Waals surface area contributed by atoms with Crippen LogP contribution in [0.4, 0.5) is 23.1 Å². The highest BCUT2D eigenvalue weighted by Crippen LogP contribution is 2.23. The van der Waals surface area contributed by atoms with Crippen LogP contribution < -0.4 is 20.9 Å². The van der Waals surface area contributed by atoms with E-state index in [2.05, 4.69) is 24.9 Å². The van der Waals surface area contributed by atoms with Crippen LogP contribution in [0, 0.1) is 0 Å². The lowest BCUT2D eigenvalue weighted by atomic mass is 10.3. The Bertz CT molecular complexity index is 1170. The number of benzene rings is 2. The van der Waals surface area contributed by atoms with E-state index in [1.54, 1.807) is 36.5 Å². The molecule has 1 saturated heterocycles. The molecule has 0 aliphatic carbocycles. The molecule has 2 heterocycles. The number of anilines is 4. The second-order valence-corrected chi connectivity index (χ2v) is 9.49. The van der Waals surface area contributed by atoms with Crippen molar-refractivity contribution in [2.24, 2.45) is 5.84 Å². The first-order chi connectivity index (χ1) is 15.9. The van der Waals surface area contributed by atoms with Gasteiger partial charge in [-0.25, -0.2) is 24.0 Å². The van der Waals surface area contributed by atoms with Gasteiger partial charge in [-0.15, -0.1) is 0 Å². The van der Waals surface area contributed by atoms with Crippen LogP contribution in [0.2, 0.25) is 0 Å². The normalized spacial score (nSPS) is 14.3. The summed E-state index contributed by atoms with van der Waals surface area (Å²) in [6.45, 7) is 3.17. The van der Waals surface area contributed by atoms with Gasteiger partial charge in [0.15, 0.2) is 5.82 Å². The predicted molar refractivity (Wildman–Crippen MR) is 127 cm³/mol. The Kier molecular flexibility index (Phi) is 7.04. The van der Waals surface area contributed by atoms with Crippen molar-refractivity contribution in [3.63, 3.8) is 0 Å². The molecule has 0 unspecified atom stereocenters. The first-order valence-electron chi connectivity index (χ1n) is 10.7. The molecule has 1 aliphatic rings. The van der Waals surface area contributed by atoms with Crippen LogP contribution >= 0.6 is 0 Å². The van der Waals surface area contributed by atoms with Gasteiger partial charge in [0.1, 0.15) is 5.75 Å². The van der Waals surface area contributed by atoms with E-state index < -0.39 is 10.0 Å². The highest BCUT2D eigenvalue weighted by atomic mass is 32.2. The second-order valence-electron chi connectivity index (χ2n) is 7.72. The molecule has 33 heavy (non-hydrogen) atoms. The molecule has 0 amide bonds. The fourth-order valence-electron chi connectivity index (χ4n) is 3.56. The Balaban J connectivity index is 1.38. The largest absolute Gasteiger partial charge is 0.508 e. The van der Waals surface area contributed by atoms with E-state index in [0.29, 0.717) is 29.7 Å². The lowest BCUT2D eigenvalue weighted by Crippen LogP contribution is -2.33. The molecule has 11 heteroatoms. The Morgan fingerprint density at radius 2 is 1.73 bits per heavy atom. The Morgan fingerprint density at radius 3 is 2.42 bits per heavy atom. The molecule has 0 atom stereocenters. The Labute approximate surface area is 193 Å². The molecule has 0 bridgehead atoms. The number of nitrogens with zero attached hydrogens (tertiary/aromatic N) is 4. The number of hydrogen-bond donors (Lipinski definition) is 4. The van der Waals surface area contributed by atoms with E-state index in [9.17, 15) is 13.5 Å². The zero-order chi connectivity index (χ0) is 23.3. The summed E-state index contributed by atoms with van der Waals surface area (Å²) in [6.07, 6.45) is 3.91. The molecule has 2 aromatic carbocycles. The molecular weight excluding hydrogens is 442 g/mol. The van der Waals surface area contributed by atoms with Gasteiger partial charge in [0.05, 0.1) is 10.6 Å². The van der Waals surface area contributed by atoms with E-state index >= 15 is 0 Å². The number of aromatic hydroxyl groups is 1. The van der Waals surface area contributed by atoms with Gasteiger partial charge in [0.25, 0.3) is 0 Å². The molecule has 1 aromatic heterocycles. The smallest absolute Gasteiger partial charge is 0.240 e. The maximum absolute atomic E-state index is 12.5. The number of nitrogens with one attached hydrogen (secondary N) is 2. The third-order valence-electron chi connectivity index (χ3n) is 5.36. The minimum Gasteiger partial charge on any atom is -0.508 e. The second kappa shape index (κ2) is 10.1. The molecule has 10 nitrogen and oxygen atoms in total. The fraction of sp³-hybridized carbons (Fsp3) is 0.273. The van der Waals surface area contributed by atoms with E-state index in [1.165, 1.54) is 42.1 Å². The van der Waals surface area contributed by atoms with Crippen LogP contribution in [-0.4, -0.2) is 54.6 Å². The van der Waals surface area contributed by atoms with E-state index in [4.69, 9.17) is 5.84 Å². The van der Waals surface area contributed by atoms with E-state index in [1.807, 2.05) is 0 Å². The van der Waals surface area contributed by atoms with Crippen molar-refractivity contribution in [1.82, 2.24) is 19.6 Å². The number of hydrogen-bond acceptors (Lipinski definition) is 9. The summed E-state index contributed by atoms with van der Waals surface area (Å²) in [5, 5.41) is 13.9. The minimum atomic E-state index is -3.57. The number of sulfonamides is 1. The van der Waals surface area contributed by atoms with E-state index in [0.717, 1.165) is 19.6 Å². The first kappa shape index (κ1) is 22.9. The number of phenols is 1. The van der Waals surface area contributed by atoms with Crippen molar-refractivity contribution in [2.75, 3.05) is 36.5 Å². The highest BCUT2D eigenvalue weighted by Gasteiger charge is 2.16. The van der Waals surface area contributed by atoms with E-state index in [-0.39, 0.29) is 10.6 Å². The molecular formula is C22H27N7O3S. The lowest BCUT2D eigenvalue weighted by molar-refractivity contribution is 0.344. The summed E-state index contributed by atoms with van der Waals surface area (Å²) in [7, 11) is -3.57. The van der Waals surface area contributed by atoms with Gasteiger partial charge in [-0.05, 0) is 74.5 Å². The number of rotatable bonds is 9. The average Bonchev–Trinajstić information content (AvgIpc) is 3.33. The van der Waals surface area contributed by atoms with Gasteiger partial charge in [-0.3, -0.25) is 5.01 Å². The zero-order valence-electron chi connectivity index (χ0n) is 18.1. The molecule has 1 aliphatic heterocycles. The lowest BCUT2D eigenvalue weighted by Gasteiger charge is -2.18. The number of aromatic nitrogens is 2. The van der Waals surface area contributed by atoms with Gasteiger partial charge in [-0.1, -0.05) is 0 Å². The summed E-state index contributed by atoms with van der Waals surface area (Å²) in [6, 6.07) is 14.5. The number of hydrazine groups is 1. The monoisotopic (exact) mass is 469 g/mol. The standard InChI is InChI=1S/C22H27N7O3S/c23-29(18-5-7-19(30)8-6-18)21-11-12-24-22(27-21)26-17-3-9-20(10-4-17)33(31,32)25-13-16-28-14-1-2-15-28/h3-12,25,30H,1-2,13-16,23H2,(H,24,26,27). The molecule has 1 fully saturated rings. The molecule has 0 saturated carbocycles. The molecule has 0 spiro atoms. The van der Waals surface area contributed by atoms with Crippen LogP contribution in [0.15, 0.2) is 65.7 Å². The van der Waals surface area contributed by atoms with Crippen LogP contribution in [0.3, 0.4) is 0 Å². The van der Waals surface area contributed by atoms with Gasteiger partial charge in [0.2, 0.25) is 16.0 Å². The SMILES string of the molecule is NN(c1ccc(O)cc1)c1ccnc(Nc2ccc(S(=O)(=O)NCCN3CCCC3)cc2)n1. The number of phenolic OH excluding ortho intramolecular Hbond substituents is 1. The van der Waals surface area contributed by atoms with Crippen molar-refractivity contribution in [1.29, 1.82) is 0 Å². The Hall–Kier alpha value is -3.25. The predicted octanol–water partition coefficient (Wildman–Crippen LogP) is 2.31.